The van der Waals surface area contributed by atoms with Crippen LogP contribution in [0.15, 0.2) is 48.7 Å². The second kappa shape index (κ2) is 7.97. The SMILES string of the molecule is O=C(c1cccc(Cl)c1)N1CCC2(CC1)CN(Cc1ccccn1)CCO2. The molecule has 5 nitrogen and oxygen atoms in total. The lowest BCUT2D eigenvalue weighted by molar-refractivity contribution is -0.134. The molecule has 0 bridgehead atoms. The van der Waals surface area contributed by atoms with E-state index < -0.39 is 0 Å². The summed E-state index contributed by atoms with van der Waals surface area (Å²) in [6.07, 6.45) is 3.56. The van der Waals surface area contributed by atoms with Crippen LogP contribution in [0.4, 0.5) is 0 Å². The minimum atomic E-state index is -0.155. The smallest absolute Gasteiger partial charge is 0.253 e. The summed E-state index contributed by atoms with van der Waals surface area (Å²) in [5, 5.41) is 0.593. The van der Waals surface area contributed by atoms with Crippen LogP contribution in [0.3, 0.4) is 0 Å². The summed E-state index contributed by atoms with van der Waals surface area (Å²) in [5.41, 5.74) is 1.58. The first kappa shape index (κ1) is 18.4. The van der Waals surface area contributed by atoms with Crippen molar-refractivity contribution in [2.24, 2.45) is 0 Å². The molecule has 2 aliphatic rings. The Morgan fingerprint density at radius 1 is 1.15 bits per heavy atom. The molecule has 0 saturated carbocycles. The summed E-state index contributed by atoms with van der Waals surface area (Å²) in [6.45, 7) is 4.81. The molecule has 27 heavy (non-hydrogen) atoms. The molecule has 1 spiro atoms. The highest BCUT2D eigenvalue weighted by atomic mass is 35.5. The second-order valence-corrected chi connectivity index (χ2v) is 7.80. The van der Waals surface area contributed by atoms with Gasteiger partial charge in [0.2, 0.25) is 0 Å². The van der Waals surface area contributed by atoms with Gasteiger partial charge in [0, 0.05) is 49.5 Å². The Hall–Kier alpha value is -1.95. The first-order chi connectivity index (χ1) is 13.1. The number of nitrogens with zero attached hydrogens (tertiary/aromatic N) is 3. The number of rotatable bonds is 3. The zero-order valence-electron chi connectivity index (χ0n) is 15.3. The van der Waals surface area contributed by atoms with Gasteiger partial charge in [0.15, 0.2) is 0 Å². The third-order valence-electron chi connectivity index (χ3n) is 5.47. The summed E-state index contributed by atoms with van der Waals surface area (Å²) in [4.78, 5) is 21.5. The topological polar surface area (TPSA) is 45.7 Å². The minimum Gasteiger partial charge on any atom is -0.372 e. The molecule has 2 saturated heterocycles. The number of ether oxygens (including phenoxy) is 1. The maximum absolute atomic E-state index is 12.7. The largest absolute Gasteiger partial charge is 0.372 e. The number of carbonyl (C=O) groups is 1. The Bertz CT molecular complexity index is 791. The number of halogens is 1. The number of pyridine rings is 1. The number of hydrogen-bond acceptors (Lipinski definition) is 4. The van der Waals surface area contributed by atoms with Crippen LogP contribution in [0, 0.1) is 0 Å². The van der Waals surface area contributed by atoms with E-state index in [-0.39, 0.29) is 11.5 Å². The Kier molecular flexibility index (Phi) is 5.43. The third-order valence-corrected chi connectivity index (χ3v) is 5.71. The number of aromatic nitrogens is 1. The fraction of sp³-hybridized carbons (Fsp3) is 0.429. The maximum Gasteiger partial charge on any atom is 0.253 e. The van der Waals surface area contributed by atoms with Crippen molar-refractivity contribution in [2.75, 3.05) is 32.8 Å². The molecule has 6 heteroatoms. The number of benzene rings is 1. The van der Waals surface area contributed by atoms with Crippen LogP contribution in [0.1, 0.15) is 28.9 Å². The van der Waals surface area contributed by atoms with Crippen molar-refractivity contribution >= 4 is 17.5 Å². The second-order valence-electron chi connectivity index (χ2n) is 7.37. The van der Waals surface area contributed by atoms with Gasteiger partial charge in [-0.25, -0.2) is 0 Å². The summed E-state index contributed by atoms with van der Waals surface area (Å²) >= 11 is 6.03. The average molecular weight is 386 g/mol. The fourth-order valence-corrected chi connectivity index (χ4v) is 4.19. The van der Waals surface area contributed by atoms with Crippen molar-refractivity contribution in [2.45, 2.75) is 25.0 Å². The van der Waals surface area contributed by atoms with Crippen molar-refractivity contribution in [3.63, 3.8) is 0 Å². The number of piperidine rings is 1. The molecular formula is C21H24ClN3O2. The summed E-state index contributed by atoms with van der Waals surface area (Å²) in [5.74, 6) is 0.0495. The average Bonchev–Trinajstić information content (AvgIpc) is 2.69. The van der Waals surface area contributed by atoms with Crippen LogP contribution in [0.2, 0.25) is 5.02 Å². The molecular weight excluding hydrogens is 362 g/mol. The zero-order chi connectivity index (χ0) is 18.7. The Balaban J connectivity index is 1.37. The van der Waals surface area contributed by atoms with E-state index in [0.717, 1.165) is 44.8 Å². The number of carbonyl (C=O) groups excluding carboxylic acids is 1. The van der Waals surface area contributed by atoms with Crippen LogP contribution in [-0.4, -0.2) is 59.1 Å². The predicted molar refractivity (Wildman–Crippen MR) is 105 cm³/mol. The van der Waals surface area contributed by atoms with E-state index >= 15 is 0 Å². The number of likely N-dealkylation sites (tertiary alicyclic amines) is 1. The van der Waals surface area contributed by atoms with Gasteiger partial charge in [0.1, 0.15) is 0 Å². The first-order valence-electron chi connectivity index (χ1n) is 9.45. The highest BCUT2D eigenvalue weighted by Gasteiger charge is 2.40. The molecule has 0 aliphatic carbocycles. The van der Waals surface area contributed by atoms with Crippen LogP contribution in [0.5, 0.6) is 0 Å². The molecule has 1 aromatic carbocycles. The normalized spacial score (nSPS) is 20.0. The van der Waals surface area contributed by atoms with Crippen LogP contribution in [0.25, 0.3) is 0 Å². The molecule has 3 heterocycles. The summed E-state index contributed by atoms with van der Waals surface area (Å²) in [6, 6.07) is 13.2. The maximum atomic E-state index is 12.7. The molecule has 4 rings (SSSR count). The van der Waals surface area contributed by atoms with Gasteiger partial charge in [-0.05, 0) is 43.2 Å². The minimum absolute atomic E-state index is 0.0495. The van der Waals surface area contributed by atoms with Crippen molar-refractivity contribution in [1.82, 2.24) is 14.8 Å². The van der Waals surface area contributed by atoms with Gasteiger partial charge >= 0.3 is 0 Å². The van der Waals surface area contributed by atoms with E-state index in [1.165, 1.54) is 0 Å². The molecule has 0 unspecified atom stereocenters. The lowest BCUT2D eigenvalue weighted by atomic mass is 9.89. The molecule has 2 aliphatic heterocycles. The van der Waals surface area contributed by atoms with Gasteiger partial charge in [0.25, 0.3) is 5.91 Å². The lowest BCUT2D eigenvalue weighted by Crippen LogP contribution is -2.57. The van der Waals surface area contributed by atoms with Crippen molar-refractivity contribution in [3.8, 4) is 0 Å². The molecule has 2 aromatic rings. The Morgan fingerprint density at radius 3 is 2.74 bits per heavy atom. The van der Waals surface area contributed by atoms with Crippen molar-refractivity contribution in [3.05, 3.63) is 64.9 Å². The van der Waals surface area contributed by atoms with Crippen LogP contribution in [-0.2, 0) is 11.3 Å². The molecule has 142 valence electrons. The number of hydrogen-bond donors (Lipinski definition) is 0. The number of morpholine rings is 1. The van der Waals surface area contributed by atoms with Gasteiger partial charge in [-0.2, -0.15) is 0 Å². The third kappa shape index (κ3) is 4.32. The highest BCUT2D eigenvalue weighted by Crippen LogP contribution is 2.31. The summed E-state index contributed by atoms with van der Waals surface area (Å²) < 4.78 is 6.21. The quantitative estimate of drug-likeness (QED) is 0.813. The van der Waals surface area contributed by atoms with Crippen molar-refractivity contribution in [1.29, 1.82) is 0 Å². The van der Waals surface area contributed by atoms with Crippen LogP contribution < -0.4 is 0 Å². The van der Waals surface area contributed by atoms with Gasteiger partial charge in [-0.15, -0.1) is 0 Å². The summed E-state index contributed by atoms with van der Waals surface area (Å²) in [7, 11) is 0. The van der Waals surface area contributed by atoms with E-state index in [2.05, 4.69) is 16.0 Å². The monoisotopic (exact) mass is 385 g/mol. The highest BCUT2D eigenvalue weighted by molar-refractivity contribution is 6.30. The molecule has 0 N–H and O–H groups in total. The molecule has 2 fully saturated rings. The van der Waals surface area contributed by atoms with Gasteiger partial charge in [-0.3, -0.25) is 14.7 Å². The lowest BCUT2D eigenvalue weighted by Gasteiger charge is -2.47. The molecule has 0 radical (unpaired) electrons. The van der Waals surface area contributed by atoms with E-state index in [1.54, 1.807) is 12.1 Å². The molecule has 1 aromatic heterocycles. The fourth-order valence-electron chi connectivity index (χ4n) is 4.00. The Labute approximate surface area is 164 Å². The zero-order valence-corrected chi connectivity index (χ0v) is 16.1. The molecule has 1 amide bonds. The van der Waals surface area contributed by atoms with E-state index in [4.69, 9.17) is 16.3 Å². The van der Waals surface area contributed by atoms with Crippen molar-refractivity contribution < 1.29 is 9.53 Å². The Morgan fingerprint density at radius 2 is 2.00 bits per heavy atom. The van der Waals surface area contributed by atoms with Gasteiger partial charge in [-0.1, -0.05) is 23.7 Å². The molecule has 0 atom stereocenters. The van der Waals surface area contributed by atoms with E-state index in [0.29, 0.717) is 23.7 Å². The van der Waals surface area contributed by atoms with Gasteiger partial charge < -0.3 is 9.64 Å². The van der Waals surface area contributed by atoms with E-state index in [9.17, 15) is 4.79 Å². The van der Waals surface area contributed by atoms with E-state index in [1.807, 2.05) is 35.4 Å². The standard InChI is InChI=1S/C21H24ClN3O2/c22-18-5-3-4-17(14-18)20(26)25-10-7-21(8-11-25)16-24(12-13-27-21)15-19-6-1-2-9-23-19/h1-6,9,14H,7-8,10-13,15-16H2. The predicted octanol–water partition coefficient (Wildman–Crippen LogP) is 3.24. The van der Waals surface area contributed by atoms with Gasteiger partial charge in [0.05, 0.1) is 17.9 Å². The first-order valence-corrected chi connectivity index (χ1v) is 9.82. The van der Waals surface area contributed by atoms with Crippen LogP contribution >= 0.6 is 11.6 Å². The number of amides is 1.